The van der Waals surface area contributed by atoms with Crippen LogP contribution in [0.25, 0.3) is 0 Å². The molecule has 0 spiro atoms. The van der Waals surface area contributed by atoms with Crippen LogP contribution in [0.2, 0.25) is 0 Å². The molecule has 0 aromatic rings. The molecule has 0 aliphatic carbocycles. The minimum atomic E-state index is -0.150. The fourth-order valence-corrected chi connectivity index (χ4v) is 0.545. The molecule has 3 heteroatoms. The van der Waals surface area contributed by atoms with E-state index < -0.39 is 0 Å². The van der Waals surface area contributed by atoms with Gasteiger partial charge in [0, 0.05) is 6.42 Å². The lowest BCUT2D eigenvalue weighted by Gasteiger charge is -1.85. The van der Waals surface area contributed by atoms with Gasteiger partial charge in [0.05, 0.1) is 12.0 Å². The third kappa shape index (κ3) is 3.82. The Morgan fingerprint density at radius 3 is 2.57 bits per heavy atom. The molecule has 7 heavy (non-hydrogen) atoms. The predicted octanol–water partition coefficient (Wildman–Crippen LogP) is 1.52. The molecule has 0 atom stereocenters. The Labute approximate surface area is 47.1 Å². The van der Waals surface area contributed by atoms with E-state index in [-0.39, 0.29) is 5.12 Å². The Hall–Kier alpha value is -0.0200. The van der Waals surface area contributed by atoms with Crippen LogP contribution in [0.3, 0.4) is 0 Å². The van der Waals surface area contributed by atoms with E-state index in [1.54, 1.807) is 0 Å². The van der Waals surface area contributed by atoms with Crippen LogP contribution in [0.15, 0.2) is 0 Å². The van der Waals surface area contributed by atoms with Crippen molar-refractivity contribution in [3.63, 3.8) is 0 Å². The van der Waals surface area contributed by atoms with Gasteiger partial charge in [0.2, 0.25) is 5.12 Å². The number of hydrogen-bond donors (Lipinski definition) is 1. The molecule has 0 aliphatic rings. The van der Waals surface area contributed by atoms with Gasteiger partial charge in [0.15, 0.2) is 0 Å². The van der Waals surface area contributed by atoms with E-state index in [0.29, 0.717) is 18.5 Å². The molecule has 0 aliphatic heterocycles. The Bertz CT molecular complexity index is 62.7. The fraction of sp³-hybridized carbons (Fsp3) is 0.750. The number of hydrogen-bond acceptors (Lipinski definition) is 3. The standard InChI is InChI=1S/C4H8O2S/c1-2-3-4(5)7-6/h6H,2-3H2,1H3. The molecule has 0 fully saturated rings. The van der Waals surface area contributed by atoms with Gasteiger partial charge in [-0.25, -0.2) is 0 Å². The van der Waals surface area contributed by atoms with Crippen molar-refractivity contribution in [2.75, 3.05) is 0 Å². The van der Waals surface area contributed by atoms with Crippen LogP contribution >= 0.6 is 12.0 Å². The maximum atomic E-state index is 10.1. The van der Waals surface area contributed by atoms with Gasteiger partial charge in [0.25, 0.3) is 0 Å². The van der Waals surface area contributed by atoms with Gasteiger partial charge in [-0.1, -0.05) is 6.92 Å². The highest BCUT2D eigenvalue weighted by molar-refractivity contribution is 8.08. The van der Waals surface area contributed by atoms with Crippen molar-refractivity contribution in [1.82, 2.24) is 0 Å². The predicted molar refractivity (Wildman–Crippen MR) is 30.1 cm³/mol. The quantitative estimate of drug-likeness (QED) is 0.561. The molecular weight excluding hydrogens is 112 g/mol. The summed E-state index contributed by atoms with van der Waals surface area (Å²) in [6, 6.07) is 0. The molecule has 42 valence electrons. The maximum Gasteiger partial charge on any atom is 0.215 e. The summed E-state index contributed by atoms with van der Waals surface area (Å²) in [5, 5.41) is -0.150. The second-order valence-corrected chi connectivity index (χ2v) is 1.85. The molecule has 0 heterocycles. The SMILES string of the molecule is CCCC(=O)SO. The highest BCUT2D eigenvalue weighted by atomic mass is 32.2. The summed E-state index contributed by atoms with van der Waals surface area (Å²) in [6.07, 6.45) is 1.29. The smallest absolute Gasteiger partial charge is 0.215 e. The summed E-state index contributed by atoms with van der Waals surface area (Å²) in [4.78, 5) is 10.1. The van der Waals surface area contributed by atoms with Gasteiger partial charge in [-0.15, -0.1) is 0 Å². The highest BCUT2D eigenvalue weighted by Gasteiger charge is 1.94. The summed E-state index contributed by atoms with van der Waals surface area (Å²) in [7, 11) is 0. The van der Waals surface area contributed by atoms with Gasteiger partial charge in [-0.2, -0.15) is 0 Å². The molecule has 0 radical (unpaired) electrons. The lowest BCUT2D eigenvalue weighted by Crippen LogP contribution is -1.86. The lowest BCUT2D eigenvalue weighted by molar-refractivity contribution is -0.111. The van der Waals surface area contributed by atoms with Crippen LogP contribution in [-0.4, -0.2) is 9.67 Å². The summed E-state index contributed by atoms with van der Waals surface area (Å²) in [5.74, 6) is 0. The van der Waals surface area contributed by atoms with Gasteiger partial charge >= 0.3 is 0 Å². The van der Waals surface area contributed by atoms with Crippen molar-refractivity contribution in [3.05, 3.63) is 0 Å². The molecule has 0 bridgehead atoms. The first-order valence-corrected chi connectivity index (χ1v) is 2.92. The van der Waals surface area contributed by atoms with Crippen LogP contribution < -0.4 is 0 Å². The molecular formula is C4H8O2S. The molecule has 0 saturated heterocycles. The van der Waals surface area contributed by atoms with E-state index in [4.69, 9.17) is 4.55 Å². The van der Waals surface area contributed by atoms with Crippen molar-refractivity contribution in [1.29, 1.82) is 0 Å². The van der Waals surface area contributed by atoms with E-state index >= 15 is 0 Å². The molecule has 0 aromatic carbocycles. The summed E-state index contributed by atoms with van der Waals surface area (Å²) < 4.78 is 8.03. The average Bonchev–Trinajstić information content (AvgIpc) is 1.68. The number of carbonyl (C=O) groups is 1. The number of rotatable bonds is 2. The normalized spacial score (nSPS) is 8.86. The zero-order valence-corrected chi connectivity index (χ0v) is 4.99. The zero-order valence-electron chi connectivity index (χ0n) is 4.18. The maximum absolute atomic E-state index is 10.1. The van der Waals surface area contributed by atoms with Gasteiger partial charge in [-0.3, -0.25) is 4.79 Å². The van der Waals surface area contributed by atoms with E-state index in [2.05, 4.69) is 0 Å². The minimum Gasteiger partial charge on any atom is -0.323 e. The Balaban J connectivity index is 3.00. The first-order valence-electron chi connectivity index (χ1n) is 2.15. The van der Waals surface area contributed by atoms with Gasteiger partial charge < -0.3 is 4.55 Å². The Morgan fingerprint density at radius 1 is 1.86 bits per heavy atom. The highest BCUT2D eigenvalue weighted by Crippen LogP contribution is 1.99. The molecule has 0 unspecified atom stereocenters. The van der Waals surface area contributed by atoms with Crippen molar-refractivity contribution in [2.24, 2.45) is 0 Å². The molecule has 1 N–H and O–H groups in total. The topological polar surface area (TPSA) is 37.3 Å². The van der Waals surface area contributed by atoms with Gasteiger partial charge in [0.1, 0.15) is 0 Å². The lowest BCUT2D eigenvalue weighted by atomic mass is 10.4. The zero-order chi connectivity index (χ0) is 5.70. The van der Waals surface area contributed by atoms with Crippen LogP contribution in [0.5, 0.6) is 0 Å². The van der Waals surface area contributed by atoms with Crippen molar-refractivity contribution in [2.45, 2.75) is 19.8 Å². The first kappa shape index (κ1) is 6.98. The summed E-state index contributed by atoms with van der Waals surface area (Å²) >= 11 is 0.310. The van der Waals surface area contributed by atoms with E-state index in [9.17, 15) is 4.79 Å². The first-order chi connectivity index (χ1) is 3.31. The summed E-state index contributed by atoms with van der Waals surface area (Å²) in [6.45, 7) is 1.90. The second-order valence-electron chi connectivity index (χ2n) is 1.21. The third-order valence-electron chi connectivity index (χ3n) is 0.556. The van der Waals surface area contributed by atoms with Crippen LogP contribution in [0.1, 0.15) is 19.8 Å². The van der Waals surface area contributed by atoms with Crippen LogP contribution in [-0.2, 0) is 4.79 Å². The van der Waals surface area contributed by atoms with Crippen molar-refractivity contribution in [3.8, 4) is 0 Å². The largest absolute Gasteiger partial charge is 0.323 e. The monoisotopic (exact) mass is 120 g/mol. The molecule has 0 saturated carbocycles. The Kier molecular flexibility index (Phi) is 4.14. The van der Waals surface area contributed by atoms with E-state index in [1.807, 2.05) is 6.92 Å². The minimum absolute atomic E-state index is 0.150. The third-order valence-corrected chi connectivity index (χ3v) is 0.964. The molecule has 0 aromatic heterocycles. The number of carbonyl (C=O) groups excluding carboxylic acids is 1. The van der Waals surface area contributed by atoms with Crippen molar-refractivity contribution >= 4 is 17.2 Å². The van der Waals surface area contributed by atoms with E-state index in [1.165, 1.54) is 0 Å². The second kappa shape index (κ2) is 4.15. The fourth-order valence-electron chi connectivity index (χ4n) is 0.250. The summed E-state index contributed by atoms with van der Waals surface area (Å²) in [5.41, 5.74) is 0. The Morgan fingerprint density at radius 2 is 2.43 bits per heavy atom. The van der Waals surface area contributed by atoms with Crippen LogP contribution in [0.4, 0.5) is 0 Å². The van der Waals surface area contributed by atoms with Crippen molar-refractivity contribution < 1.29 is 9.35 Å². The molecule has 0 amide bonds. The van der Waals surface area contributed by atoms with E-state index in [0.717, 1.165) is 6.42 Å². The van der Waals surface area contributed by atoms with Gasteiger partial charge in [-0.05, 0) is 6.42 Å². The average molecular weight is 120 g/mol. The van der Waals surface area contributed by atoms with Crippen LogP contribution in [0, 0.1) is 0 Å². The molecule has 2 nitrogen and oxygen atoms in total. The molecule has 0 rings (SSSR count).